The van der Waals surface area contributed by atoms with Gasteiger partial charge in [-0.15, -0.1) is 11.3 Å². The van der Waals surface area contributed by atoms with E-state index in [4.69, 9.17) is 4.84 Å². The maximum Gasteiger partial charge on any atom is 0.264 e. The number of thiophene rings is 1. The molecule has 0 fully saturated rings. The van der Waals surface area contributed by atoms with E-state index in [9.17, 15) is 9.18 Å². The highest BCUT2D eigenvalue weighted by Gasteiger charge is 2.27. The van der Waals surface area contributed by atoms with Gasteiger partial charge >= 0.3 is 0 Å². The molecule has 0 radical (unpaired) electrons. The molecule has 6 heteroatoms. The van der Waals surface area contributed by atoms with Crippen molar-refractivity contribution in [3.63, 3.8) is 0 Å². The highest BCUT2D eigenvalue weighted by Crippen LogP contribution is 2.21. The summed E-state index contributed by atoms with van der Waals surface area (Å²) in [7, 11) is 0. The fourth-order valence-corrected chi connectivity index (χ4v) is 4.01. The minimum absolute atomic E-state index is 0.0864. The summed E-state index contributed by atoms with van der Waals surface area (Å²) in [5.74, 6) is -0.398. The molecular formula is C23H21FN2O2S. The number of carbonyl (C=O) groups is 1. The van der Waals surface area contributed by atoms with Crippen LogP contribution < -0.4 is 0 Å². The van der Waals surface area contributed by atoms with Crippen LogP contribution in [0, 0.1) is 12.7 Å². The number of aryl methyl sites for hydroxylation is 1. The van der Waals surface area contributed by atoms with Crippen LogP contribution >= 0.6 is 11.3 Å². The highest BCUT2D eigenvalue weighted by molar-refractivity contribution is 7.12. The van der Waals surface area contributed by atoms with E-state index < -0.39 is 0 Å². The Balaban J connectivity index is 1.48. The normalized spacial score (nSPS) is 15.7. The molecule has 0 saturated carbocycles. The lowest BCUT2D eigenvalue weighted by molar-refractivity contribution is 0.0408. The van der Waals surface area contributed by atoms with Crippen molar-refractivity contribution in [2.75, 3.05) is 6.54 Å². The van der Waals surface area contributed by atoms with Crippen LogP contribution in [-0.4, -0.2) is 29.2 Å². The van der Waals surface area contributed by atoms with Gasteiger partial charge in [0, 0.05) is 13.0 Å². The zero-order valence-corrected chi connectivity index (χ0v) is 16.9. The summed E-state index contributed by atoms with van der Waals surface area (Å²) in [4.78, 5) is 21.0. The predicted molar refractivity (Wildman–Crippen MR) is 113 cm³/mol. The first kappa shape index (κ1) is 19.3. The smallest absolute Gasteiger partial charge is 0.264 e. The van der Waals surface area contributed by atoms with Gasteiger partial charge < -0.3 is 9.74 Å². The zero-order valence-electron chi connectivity index (χ0n) is 16.0. The molecule has 1 aliphatic rings. The minimum Gasteiger partial charge on any atom is -0.390 e. The van der Waals surface area contributed by atoms with Gasteiger partial charge in [0.1, 0.15) is 5.82 Å². The molecule has 1 aliphatic heterocycles. The molecule has 4 nitrogen and oxygen atoms in total. The molecule has 0 spiro atoms. The quantitative estimate of drug-likeness (QED) is 0.574. The SMILES string of the molecule is Cc1ccc(C2=NO[C@@H](CN(Cc3cccc(F)c3)C(=O)c3cccs3)C2)cc1. The minimum atomic E-state index is -0.312. The van der Waals surface area contributed by atoms with E-state index in [2.05, 4.69) is 5.16 Å². The van der Waals surface area contributed by atoms with Crippen LogP contribution in [0.4, 0.5) is 4.39 Å². The monoisotopic (exact) mass is 408 g/mol. The molecule has 0 saturated heterocycles. The second-order valence-corrected chi connectivity index (χ2v) is 8.08. The van der Waals surface area contributed by atoms with Crippen LogP contribution in [0.2, 0.25) is 0 Å². The van der Waals surface area contributed by atoms with Crippen molar-refractivity contribution in [2.24, 2.45) is 5.16 Å². The Kier molecular flexibility index (Phi) is 5.71. The van der Waals surface area contributed by atoms with E-state index in [0.717, 1.165) is 16.8 Å². The van der Waals surface area contributed by atoms with Crippen molar-refractivity contribution >= 4 is 23.0 Å². The van der Waals surface area contributed by atoms with Crippen LogP contribution in [0.25, 0.3) is 0 Å². The molecule has 1 aromatic heterocycles. The lowest BCUT2D eigenvalue weighted by Gasteiger charge is -2.24. The van der Waals surface area contributed by atoms with E-state index in [0.29, 0.717) is 24.4 Å². The van der Waals surface area contributed by atoms with Crippen LogP contribution in [0.3, 0.4) is 0 Å². The van der Waals surface area contributed by atoms with Crippen LogP contribution in [0.1, 0.15) is 32.8 Å². The third-order valence-corrected chi connectivity index (χ3v) is 5.68. The van der Waals surface area contributed by atoms with E-state index in [1.807, 2.05) is 48.7 Å². The number of carbonyl (C=O) groups excluding carboxylic acids is 1. The molecule has 2 heterocycles. The van der Waals surface area contributed by atoms with Crippen LogP contribution in [0.5, 0.6) is 0 Å². The van der Waals surface area contributed by atoms with Crippen molar-refractivity contribution < 1.29 is 14.0 Å². The van der Waals surface area contributed by atoms with Gasteiger partial charge in [0.15, 0.2) is 6.10 Å². The van der Waals surface area contributed by atoms with Gasteiger partial charge in [0.25, 0.3) is 5.91 Å². The molecule has 2 aromatic carbocycles. The molecule has 4 rings (SSSR count). The number of benzene rings is 2. The molecule has 0 aliphatic carbocycles. The second-order valence-electron chi connectivity index (χ2n) is 7.13. The molecule has 1 atom stereocenters. The standard InChI is InChI=1S/C23H21FN2O2S/c1-16-7-9-18(10-8-16)21-13-20(28-25-21)15-26(23(27)22-6-3-11-29-22)14-17-4-2-5-19(24)12-17/h2-12,20H,13-15H2,1H3/t20-/m1/s1. The zero-order chi connectivity index (χ0) is 20.2. The maximum absolute atomic E-state index is 13.6. The Bertz CT molecular complexity index is 1020. The van der Waals surface area contributed by atoms with Gasteiger partial charge in [-0.05, 0) is 41.6 Å². The van der Waals surface area contributed by atoms with Gasteiger partial charge in [-0.2, -0.15) is 0 Å². The third-order valence-electron chi connectivity index (χ3n) is 4.82. The first-order chi connectivity index (χ1) is 14.1. The Hall–Kier alpha value is -2.99. The van der Waals surface area contributed by atoms with E-state index in [-0.39, 0.29) is 17.8 Å². The third kappa shape index (κ3) is 4.71. The van der Waals surface area contributed by atoms with Crippen molar-refractivity contribution in [3.05, 3.63) is 93.4 Å². The van der Waals surface area contributed by atoms with Gasteiger partial charge in [-0.3, -0.25) is 4.79 Å². The predicted octanol–water partition coefficient (Wildman–Crippen LogP) is 5.03. The maximum atomic E-state index is 13.6. The van der Waals surface area contributed by atoms with E-state index >= 15 is 0 Å². The first-order valence-electron chi connectivity index (χ1n) is 9.45. The number of nitrogens with zero attached hydrogens (tertiary/aromatic N) is 2. The largest absolute Gasteiger partial charge is 0.390 e. The van der Waals surface area contributed by atoms with Crippen molar-refractivity contribution in [1.82, 2.24) is 4.90 Å². The molecule has 29 heavy (non-hydrogen) atoms. The summed E-state index contributed by atoms with van der Waals surface area (Å²) in [5.41, 5.74) is 3.84. The molecule has 1 amide bonds. The summed E-state index contributed by atoms with van der Waals surface area (Å²) in [5, 5.41) is 6.11. The summed E-state index contributed by atoms with van der Waals surface area (Å²) in [6, 6.07) is 18.1. The Labute approximate surface area is 173 Å². The van der Waals surface area contributed by atoms with Gasteiger partial charge in [0.05, 0.1) is 17.1 Å². The Morgan fingerprint density at radius 1 is 1.21 bits per heavy atom. The lowest BCUT2D eigenvalue weighted by atomic mass is 10.0. The Morgan fingerprint density at radius 2 is 2.03 bits per heavy atom. The van der Waals surface area contributed by atoms with Gasteiger partial charge in [-0.1, -0.05) is 53.2 Å². The number of amides is 1. The number of oxime groups is 1. The second kappa shape index (κ2) is 8.57. The van der Waals surface area contributed by atoms with Crippen LogP contribution in [-0.2, 0) is 11.4 Å². The molecule has 0 N–H and O–H groups in total. The number of hydrogen-bond donors (Lipinski definition) is 0. The fraction of sp³-hybridized carbons (Fsp3) is 0.217. The lowest BCUT2D eigenvalue weighted by Crippen LogP contribution is -2.37. The number of halogens is 1. The average Bonchev–Trinajstić information content (AvgIpc) is 3.40. The Morgan fingerprint density at radius 3 is 2.76 bits per heavy atom. The van der Waals surface area contributed by atoms with Gasteiger partial charge in [0.2, 0.25) is 0 Å². The molecule has 3 aromatic rings. The summed E-state index contributed by atoms with van der Waals surface area (Å²) >= 11 is 1.39. The van der Waals surface area contributed by atoms with Crippen LogP contribution in [0.15, 0.2) is 71.2 Å². The molecule has 0 bridgehead atoms. The average molecular weight is 408 g/mol. The topological polar surface area (TPSA) is 41.9 Å². The molecular weight excluding hydrogens is 387 g/mol. The molecule has 148 valence electrons. The molecule has 0 unspecified atom stereocenters. The van der Waals surface area contributed by atoms with Crippen molar-refractivity contribution in [1.29, 1.82) is 0 Å². The van der Waals surface area contributed by atoms with E-state index in [1.54, 1.807) is 17.0 Å². The van der Waals surface area contributed by atoms with E-state index in [1.165, 1.54) is 29.0 Å². The summed E-state index contributed by atoms with van der Waals surface area (Å²) in [6.07, 6.45) is 0.393. The first-order valence-corrected chi connectivity index (χ1v) is 10.3. The summed E-state index contributed by atoms with van der Waals surface area (Å²) < 4.78 is 13.6. The van der Waals surface area contributed by atoms with Crippen molar-refractivity contribution in [3.8, 4) is 0 Å². The van der Waals surface area contributed by atoms with Crippen molar-refractivity contribution in [2.45, 2.75) is 26.0 Å². The summed E-state index contributed by atoms with van der Waals surface area (Å²) in [6.45, 7) is 2.74. The highest BCUT2D eigenvalue weighted by atomic mass is 32.1. The fourth-order valence-electron chi connectivity index (χ4n) is 3.32. The number of rotatable bonds is 6. The van der Waals surface area contributed by atoms with Gasteiger partial charge in [-0.25, -0.2) is 4.39 Å². The number of hydrogen-bond acceptors (Lipinski definition) is 4.